The number of hydrogen-bond donors (Lipinski definition) is 2. The number of carbonyl (C=O) groups excluding carboxylic acids is 1. The van der Waals surface area contributed by atoms with Gasteiger partial charge in [-0.05, 0) is 32.0 Å². The van der Waals surface area contributed by atoms with E-state index in [-0.39, 0.29) is 17.9 Å². The van der Waals surface area contributed by atoms with Gasteiger partial charge < -0.3 is 15.4 Å². The minimum absolute atomic E-state index is 0.243. The Morgan fingerprint density at radius 2 is 1.83 bits per heavy atom. The van der Waals surface area contributed by atoms with Crippen molar-refractivity contribution in [2.24, 2.45) is 0 Å². The van der Waals surface area contributed by atoms with Crippen molar-refractivity contribution in [2.75, 3.05) is 7.11 Å². The highest BCUT2D eigenvalue weighted by atomic mass is 19.1. The van der Waals surface area contributed by atoms with E-state index in [1.165, 1.54) is 13.2 Å². The first kappa shape index (κ1) is 17.9. The van der Waals surface area contributed by atoms with Gasteiger partial charge in [0.25, 0.3) is 0 Å². The summed E-state index contributed by atoms with van der Waals surface area (Å²) in [7, 11) is 1.49. The minimum atomic E-state index is -0.581. The van der Waals surface area contributed by atoms with Crippen molar-refractivity contribution in [1.29, 1.82) is 0 Å². The second kappa shape index (κ2) is 8.40. The number of carbonyl (C=O) groups is 1. The van der Waals surface area contributed by atoms with Crippen molar-refractivity contribution >= 4 is 6.03 Å². The lowest BCUT2D eigenvalue weighted by Gasteiger charge is -2.25. The van der Waals surface area contributed by atoms with E-state index in [0.29, 0.717) is 5.56 Å². The number of methoxy groups -OCH3 is 1. The van der Waals surface area contributed by atoms with Crippen molar-refractivity contribution < 1.29 is 13.9 Å². The Kier molecular flexibility index (Phi) is 6.26. The summed E-state index contributed by atoms with van der Waals surface area (Å²) in [6.45, 7) is 3.61. The fraction of sp³-hybridized carbons (Fsp3) is 0.333. The molecule has 128 valence electrons. The van der Waals surface area contributed by atoms with E-state index in [9.17, 15) is 9.18 Å². The molecule has 3 atom stereocenters. The van der Waals surface area contributed by atoms with Gasteiger partial charge >= 0.3 is 6.03 Å². The van der Waals surface area contributed by atoms with E-state index in [0.717, 1.165) is 5.69 Å². The fourth-order valence-electron chi connectivity index (χ4n) is 2.53. The van der Waals surface area contributed by atoms with Gasteiger partial charge in [-0.15, -0.1) is 0 Å². The largest absolute Gasteiger partial charge is 0.375 e. The van der Waals surface area contributed by atoms with Crippen LogP contribution in [0.15, 0.2) is 48.7 Å². The molecule has 2 aromatic rings. The highest BCUT2D eigenvalue weighted by molar-refractivity contribution is 5.74. The van der Waals surface area contributed by atoms with Gasteiger partial charge in [-0.1, -0.05) is 24.3 Å². The number of nitrogens with zero attached hydrogens (tertiary/aromatic N) is 1. The molecule has 6 heteroatoms. The van der Waals surface area contributed by atoms with Crippen LogP contribution in [0.5, 0.6) is 0 Å². The van der Waals surface area contributed by atoms with Gasteiger partial charge in [0.2, 0.25) is 0 Å². The van der Waals surface area contributed by atoms with Gasteiger partial charge in [-0.3, -0.25) is 4.98 Å². The van der Waals surface area contributed by atoms with Gasteiger partial charge in [-0.25, -0.2) is 9.18 Å². The monoisotopic (exact) mass is 331 g/mol. The van der Waals surface area contributed by atoms with Crippen molar-refractivity contribution in [2.45, 2.75) is 32.0 Å². The molecule has 0 aliphatic heterocycles. The molecule has 1 heterocycles. The highest BCUT2D eigenvalue weighted by Gasteiger charge is 2.23. The van der Waals surface area contributed by atoms with E-state index in [2.05, 4.69) is 15.6 Å². The summed E-state index contributed by atoms with van der Waals surface area (Å²) in [6, 6.07) is 10.9. The topological polar surface area (TPSA) is 63.2 Å². The van der Waals surface area contributed by atoms with Crippen molar-refractivity contribution in [3.63, 3.8) is 0 Å². The molecule has 0 bridgehead atoms. The van der Waals surface area contributed by atoms with Crippen LogP contribution in [0.2, 0.25) is 0 Å². The molecule has 2 amide bonds. The third-order valence-corrected chi connectivity index (χ3v) is 3.76. The Morgan fingerprint density at radius 3 is 2.46 bits per heavy atom. The first-order valence-electron chi connectivity index (χ1n) is 7.78. The number of benzene rings is 1. The maximum absolute atomic E-state index is 13.9. The first-order chi connectivity index (χ1) is 11.5. The number of nitrogens with one attached hydrogen (secondary N) is 2. The van der Waals surface area contributed by atoms with Crippen LogP contribution in [0.3, 0.4) is 0 Å². The Labute approximate surface area is 141 Å². The van der Waals surface area contributed by atoms with Gasteiger partial charge in [0.05, 0.1) is 17.8 Å². The number of rotatable bonds is 6. The molecule has 1 aromatic heterocycles. The first-order valence-corrected chi connectivity index (χ1v) is 7.78. The molecule has 0 aliphatic carbocycles. The average Bonchev–Trinajstić information content (AvgIpc) is 2.57. The summed E-state index contributed by atoms with van der Waals surface area (Å²) in [5, 5.41) is 5.60. The summed E-state index contributed by atoms with van der Waals surface area (Å²) in [5.74, 6) is -0.361. The lowest BCUT2D eigenvalue weighted by atomic mass is 10.0. The standard InChI is InChI=1S/C18H22FN3O2/c1-12(16-10-6-7-11-20-16)21-18(23)22-13(2)17(24-3)14-8-4-5-9-15(14)19/h4-13,17H,1-3H3,(H2,21,22,23)/t12-,13-,17+/m1/s1. The number of halogens is 1. The zero-order valence-corrected chi connectivity index (χ0v) is 14.0. The Morgan fingerprint density at radius 1 is 1.12 bits per heavy atom. The quantitative estimate of drug-likeness (QED) is 0.853. The van der Waals surface area contributed by atoms with E-state index in [1.54, 1.807) is 31.3 Å². The van der Waals surface area contributed by atoms with Gasteiger partial charge in [0.1, 0.15) is 11.9 Å². The molecular weight excluding hydrogens is 309 g/mol. The predicted octanol–water partition coefficient (Wildman–Crippen LogP) is 3.36. The third-order valence-electron chi connectivity index (χ3n) is 3.76. The van der Waals surface area contributed by atoms with E-state index >= 15 is 0 Å². The number of urea groups is 1. The molecule has 0 saturated heterocycles. The maximum Gasteiger partial charge on any atom is 0.315 e. The Bertz CT molecular complexity index is 666. The third kappa shape index (κ3) is 4.52. The average molecular weight is 331 g/mol. The Hall–Kier alpha value is -2.47. The molecular formula is C18H22FN3O2. The van der Waals surface area contributed by atoms with Crippen LogP contribution in [0.1, 0.15) is 37.3 Å². The maximum atomic E-state index is 13.9. The van der Waals surface area contributed by atoms with Gasteiger partial charge in [0, 0.05) is 18.9 Å². The molecule has 0 aliphatic rings. The number of amides is 2. The van der Waals surface area contributed by atoms with Crippen LogP contribution in [0, 0.1) is 5.82 Å². The summed E-state index contributed by atoms with van der Waals surface area (Å²) < 4.78 is 19.3. The molecule has 0 unspecified atom stereocenters. The lowest BCUT2D eigenvalue weighted by Crippen LogP contribution is -2.44. The summed E-state index contributed by atoms with van der Waals surface area (Å²) in [5.41, 5.74) is 1.17. The van der Waals surface area contributed by atoms with Crippen LogP contribution >= 0.6 is 0 Å². The molecule has 0 spiro atoms. The smallest absolute Gasteiger partial charge is 0.315 e. The van der Waals surface area contributed by atoms with Crippen LogP contribution in [-0.2, 0) is 4.74 Å². The number of pyridine rings is 1. The number of ether oxygens (including phenoxy) is 1. The second-order valence-electron chi connectivity index (χ2n) is 5.56. The lowest BCUT2D eigenvalue weighted by molar-refractivity contribution is 0.0731. The molecule has 0 fully saturated rings. The van der Waals surface area contributed by atoms with E-state index in [4.69, 9.17) is 4.74 Å². The van der Waals surface area contributed by atoms with Crippen LogP contribution in [0.25, 0.3) is 0 Å². The molecule has 0 radical (unpaired) electrons. The van der Waals surface area contributed by atoms with Crippen LogP contribution < -0.4 is 10.6 Å². The summed E-state index contributed by atoms with van der Waals surface area (Å²) in [6.07, 6.45) is 1.09. The van der Waals surface area contributed by atoms with Gasteiger partial charge in [-0.2, -0.15) is 0 Å². The normalized spacial score (nSPS) is 14.5. The van der Waals surface area contributed by atoms with Gasteiger partial charge in [0.15, 0.2) is 0 Å². The summed E-state index contributed by atoms with van der Waals surface area (Å²) >= 11 is 0. The molecule has 0 saturated carbocycles. The molecule has 24 heavy (non-hydrogen) atoms. The summed E-state index contributed by atoms with van der Waals surface area (Å²) in [4.78, 5) is 16.4. The van der Waals surface area contributed by atoms with Crippen molar-refractivity contribution in [3.05, 3.63) is 65.7 Å². The van der Waals surface area contributed by atoms with E-state index < -0.39 is 12.1 Å². The number of hydrogen-bond acceptors (Lipinski definition) is 3. The molecule has 2 rings (SSSR count). The zero-order chi connectivity index (χ0) is 17.5. The van der Waals surface area contributed by atoms with Crippen LogP contribution in [-0.4, -0.2) is 24.2 Å². The predicted molar refractivity (Wildman–Crippen MR) is 89.9 cm³/mol. The molecule has 5 nitrogen and oxygen atoms in total. The van der Waals surface area contributed by atoms with Crippen molar-refractivity contribution in [1.82, 2.24) is 15.6 Å². The zero-order valence-electron chi connectivity index (χ0n) is 14.0. The molecule has 2 N–H and O–H groups in total. The fourth-order valence-corrected chi connectivity index (χ4v) is 2.53. The van der Waals surface area contributed by atoms with Crippen molar-refractivity contribution in [3.8, 4) is 0 Å². The highest BCUT2D eigenvalue weighted by Crippen LogP contribution is 2.23. The van der Waals surface area contributed by atoms with Crippen LogP contribution in [0.4, 0.5) is 9.18 Å². The minimum Gasteiger partial charge on any atom is -0.375 e. The SMILES string of the molecule is CO[C@H](c1ccccc1F)[C@@H](C)NC(=O)N[C@H](C)c1ccccn1. The molecule has 1 aromatic carbocycles. The number of aromatic nitrogens is 1. The van der Waals surface area contributed by atoms with E-state index in [1.807, 2.05) is 25.1 Å². The Balaban J connectivity index is 1.98. The second-order valence-corrected chi connectivity index (χ2v) is 5.56.